The predicted molar refractivity (Wildman–Crippen MR) is 140 cm³/mol. The first-order valence-corrected chi connectivity index (χ1v) is 12.8. The quantitative estimate of drug-likeness (QED) is 0.237. The molecule has 0 radical (unpaired) electrons. The van der Waals surface area contributed by atoms with E-state index in [1.54, 1.807) is 6.92 Å². The number of fused-ring (bicyclic) bond motifs is 1. The van der Waals surface area contributed by atoms with Crippen LogP contribution in [0.1, 0.15) is 44.7 Å². The third-order valence-corrected chi connectivity index (χ3v) is 7.45. The van der Waals surface area contributed by atoms with Crippen molar-refractivity contribution in [2.45, 2.75) is 50.4 Å². The maximum Gasteiger partial charge on any atom is 0.260 e. The van der Waals surface area contributed by atoms with Crippen molar-refractivity contribution in [3.63, 3.8) is 0 Å². The molecule has 2 aromatic carbocycles. The summed E-state index contributed by atoms with van der Waals surface area (Å²) in [5, 5.41) is 5.52. The molecular formula is C26H27N3O2S2. The van der Waals surface area contributed by atoms with Crippen LogP contribution in [-0.4, -0.2) is 21.1 Å². The number of hydrogen-bond acceptors (Lipinski definition) is 5. The second kappa shape index (κ2) is 9.93. The van der Waals surface area contributed by atoms with E-state index < -0.39 is 5.25 Å². The van der Waals surface area contributed by atoms with Crippen LogP contribution in [0, 0.1) is 0 Å². The Bertz CT molecular complexity index is 1320. The van der Waals surface area contributed by atoms with Gasteiger partial charge in [-0.2, -0.15) is 0 Å². The van der Waals surface area contributed by atoms with Gasteiger partial charge in [0.2, 0.25) is 5.91 Å². The van der Waals surface area contributed by atoms with Crippen LogP contribution in [0.2, 0.25) is 0 Å². The largest absolute Gasteiger partial charge is 0.325 e. The van der Waals surface area contributed by atoms with Crippen molar-refractivity contribution in [1.82, 2.24) is 9.97 Å². The molecule has 7 heteroatoms. The number of nitrogens with one attached hydrogen (secondary N) is 2. The first-order valence-electron chi connectivity index (χ1n) is 11.0. The molecule has 0 aliphatic carbocycles. The molecule has 0 saturated carbocycles. The lowest BCUT2D eigenvalue weighted by molar-refractivity contribution is -0.115. The van der Waals surface area contributed by atoms with E-state index in [1.165, 1.54) is 34.2 Å². The summed E-state index contributed by atoms with van der Waals surface area (Å²) in [6.45, 7) is 8.22. The molecule has 1 amide bonds. The van der Waals surface area contributed by atoms with E-state index in [-0.39, 0.29) is 11.5 Å². The van der Waals surface area contributed by atoms with Gasteiger partial charge < -0.3 is 10.3 Å². The van der Waals surface area contributed by atoms with Crippen molar-refractivity contribution < 1.29 is 4.79 Å². The van der Waals surface area contributed by atoms with Gasteiger partial charge in [0.25, 0.3) is 5.56 Å². The van der Waals surface area contributed by atoms with Crippen LogP contribution in [0.3, 0.4) is 0 Å². The summed E-state index contributed by atoms with van der Waals surface area (Å²) >= 11 is 2.69. The minimum atomic E-state index is -0.417. The van der Waals surface area contributed by atoms with E-state index in [0.717, 1.165) is 23.2 Å². The van der Waals surface area contributed by atoms with Crippen LogP contribution in [0.5, 0.6) is 0 Å². The average molecular weight is 478 g/mol. The molecule has 1 atom stereocenters. The van der Waals surface area contributed by atoms with E-state index in [0.29, 0.717) is 21.3 Å². The lowest BCUT2D eigenvalue weighted by Gasteiger charge is -2.12. The molecule has 2 heterocycles. The number of carbonyl (C=O) groups excluding carboxylic acids is 1. The Morgan fingerprint density at radius 2 is 1.79 bits per heavy atom. The maximum atomic E-state index is 12.9. The molecule has 0 aliphatic rings. The smallest absolute Gasteiger partial charge is 0.260 e. The zero-order valence-corrected chi connectivity index (χ0v) is 20.8. The molecule has 0 saturated heterocycles. The molecule has 1 unspecified atom stereocenters. The number of thioether (sulfide) groups is 1. The minimum Gasteiger partial charge on any atom is -0.325 e. The SMILES string of the molecule is CCc1ccc(NC(=O)C(C)Sc2nc3scc(-c4ccc(C(C)C)cc4)c3c(=O)[nH]2)cc1. The standard InChI is InChI=1S/C26H27N3O2S2/c1-5-17-6-12-20(13-7-17)27-23(30)16(4)33-26-28-24(31)22-21(14-32-25(22)29-26)19-10-8-18(9-11-19)15(2)3/h6-16H,5H2,1-4H3,(H,27,30)(H,28,29,31). The number of anilines is 1. The van der Waals surface area contributed by atoms with Crippen LogP contribution in [0.25, 0.3) is 21.3 Å². The van der Waals surface area contributed by atoms with E-state index >= 15 is 0 Å². The number of rotatable bonds is 7. The summed E-state index contributed by atoms with van der Waals surface area (Å²) in [5.41, 5.74) is 4.94. The Morgan fingerprint density at radius 3 is 2.42 bits per heavy atom. The number of benzene rings is 2. The minimum absolute atomic E-state index is 0.135. The predicted octanol–water partition coefficient (Wildman–Crippen LogP) is 6.46. The fourth-order valence-electron chi connectivity index (χ4n) is 3.53. The number of aromatic nitrogens is 2. The molecule has 5 nitrogen and oxygen atoms in total. The summed E-state index contributed by atoms with van der Waals surface area (Å²) < 4.78 is 0. The van der Waals surface area contributed by atoms with Gasteiger partial charge >= 0.3 is 0 Å². The Balaban J connectivity index is 1.52. The van der Waals surface area contributed by atoms with Gasteiger partial charge in [0, 0.05) is 16.6 Å². The molecule has 2 N–H and O–H groups in total. The third kappa shape index (κ3) is 5.20. The van der Waals surface area contributed by atoms with Crippen molar-refractivity contribution in [2.24, 2.45) is 0 Å². The molecule has 0 fully saturated rings. The number of aryl methyl sites for hydroxylation is 1. The number of thiophene rings is 1. The number of nitrogens with zero attached hydrogens (tertiary/aromatic N) is 1. The van der Waals surface area contributed by atoms with Gasteiger partial charge in [-0.15, -0.1) is 11.3 Å². The third-order valence-electron chi connectivity index (χ3n) is 5.60. The van der Waals surface area contributed by atoms with Crippen molar-refractivity contribution in [1.29, 1.82) is 0 Å². The second-order valence-electron chi connectivity index (χ2n) is 8.28. The van der Waals surface area contributed by atoms with E-state index in [9.17, 15) is 9.59 Å². The van der Waals surface area contributed by atoms with Crippen molar-refractivity contribution in [3.8, 4) is 11.1 Å². The highest BCUT2D eigenvalue weighted by Crippen LogP contribution is 2.33. The highest BCUT2D eigenvalue weighted by atomic mass is 32.2. The summed E-state index contributed by atoms with van der Waals surface area (Å²) in [6, 6.07) is 16.1. The molecule has 33 heavy (non-hydrogen) atoms. The molecule has 0 aliphatic heterocycles. The van der Waals surface area contributed by atoms with E-state index in [4.69, 9.17) is 0 Å². The maximum absolute atomic E-state index is 12.9. The molecule has 4 rings (SSSR count). The van der Waals surface area contributed by atoms with Gasteiger partial charge in [-0.1, -0.05) is 68.9 Å². The molecule has 170 valence electrons. The topological polar surface area (TPSA) is 74.8 Å². The van der Waals surface area contributed by atoms with Crippen molar-refractivity contribution in [3.05, 3.63) is 75.4 Å². The van der Waals surface area contributed by atoms with Crippen LogP contribution in [-0.2, 0) is 11.2 Å². The van der Waals surface area contributed by atoms with Crippen LogP contribution >= 0.6 is 23.1 Å². The number of H-pyrrole nitrogens is 1. The van der Waals surface area contributed by atoms with Gasteiger partial charge in [-0.05, 0) is 48.1 Å². The zero-order chi connectivity index (χ0) is 23.5. The van der Waals surface area contributed by atoms with Crippen LogP contribution in [0.4, 0.5) is 5.69 Å². The van der Waals surface area contributed by atoms with Crippen LogP contribution in [0.15, 0.2) is 63.9 Å². The Hall–Kier alpha value is -2.90. The average Bonchev–Trinajstić information content (AvgIpc) is 3.24. The summed E-state index contributed by atoms with van der Waals surface area (Å²) in [4.78, 5) is 33.7. The van der Waals surface area contributed by atoms with Crippen molar-refractivity contribution >= 4 is 44.9 Å². The highest BCUT2D eigenvalue weighted by Gasteiger charge is 2.19. The van der Waals surface area contributed by atoms with Crippen molar-refractivity contribution in [2.75, 3.05) is 5.32 Å². The number of hydrogen-bond donors (Lipinski definition) is 2. The van der Waals surface area contributed by atoms with Crippen LogP contribution < -0.4 is 10.9 Å². The normalized spacial score (nSPS) is 12.3. The fraction of sp³-hybridized carbons (Fsp3) is 0.269. The van der Waals surface area contributed by atoms with Gasteiger partial charge in [0.05, 0.1) is 10.6 Å². The van der Waals surface area contributed by atoms with Gasteiger partial charge in [0.1, 0.15) is 4.83 Å². The van der Waals surface area contributed by atoms with Gasteiger partial charge in [-0.25, -0.2) is 4.98 Å². The Kier molecular flexibility index (Phi) is 7.00. The summed E-state index contributed by atoms with van der Waals surface area (Å²) in [7, 11) is 0. The number of amides is 1. The molecule has 0 spiro atoms. The molecule has 0 bridgehead atoms. The monoisotopic (exact) mass is 477 g/mol. The van der Waals surface area contributed by atoms with Gasteiger partial charge in [-0.3, -0.25) is 9.59 Å². The highest BCUT2D eigenvalue weighted by molar-refractivity contribution is 8.00. The second-order valence-corrected chi connectivity index (χ2v) is 10.5. The number of aromatic amines is 1. The molecule has 2 aromatic heterocycles. The zero-order valence-electron chi connectivity index (χ0n) is 19.1. The molecule has 4 aromatic rings. The van der Waals surface area contributed by atoms with Gasteiger partial charge in [0.15, 0.2) is 5.16 Å². The fourth-order valence-corrected chi connectivity index (χ4v) is 5.34. The summed E-state index contributed by atoms with van der Waals surface area (Å²) in [5.74, 6) is 0.321. The molecular weight excluding hydrogens is 450 g/mol. The number of carbonyl (C=O) groups is 1. The summed E-state index contributed by atoms with van der Waals surface area (Å²) in [6.07, 6.45) is 0.954. The first kappa shape index (κ1) is 23.3. The Labute approximate surface area is 201 Å². The van der Waals surface area contributed by atoms with E-state index in [1.807, 2.05) is 29.6 Å². The Morgan fingerprint density at radius 1 is 1.09 bits per heavy atom. The first-order chi connectivity index (χ1) is 15.9. The lowest BCUT2D eigenvalue weighted by atomic mass is 9.99. The van der Waals surface area contributed by atoms with E-state index in [2.05, 4.69) is 60.3 Å². The lowest BCUT2D eigenvalue weighted by Crippen LogP contribution is -2.23.